The molecule has 1 saturated carbocycles. The molecule has 12 heteroatoms. The van der Waals surface area contributed by atoms with Gasteiger partial charge in [-0.1, -0.05) is 6.07 Å². The molecule has 2 amide bonds. The van der Waals surface area contributed by atoms with Crippen LogP contribution in [0.3, 0.4) is 0 Å². The van der Waals surface area contributed by atoms with Gasteiger partial charge in [-0.2, -0.15) is 13.2 Å². The second-order valence-electron chi connectivity index (χ2n) is 9.81. The van der Waals surface area contributed by atoms with Crippen molar-refractivity contribution in [2.45, 2.75) is 45.8 Å². The minimum absolute atomic E-state index is 0.0288. The smallest absolute Gasteiger partial charge is 0.372 e. The first kappa shape index (κ1) is 28.3. The maximum Gasteiger partial charge on any atom is 0.418 e. The fourth-order valence-electron chi connectivity index (χ4n) is 4.51. The summed E-state index contributed by atoms with van der Waals surface area (Å²) in [7, 11) is 0. The number of nitrogens with one attached hydrogen (secondary N) is 3. The predicted octanol–water partition coefficient (Wildman–Crippen LogP) is 6.94. The van der Waals surface area contributed by atoms with E-state index in [2.05, 4.69) is 25.9 Å². The highest BCUT2D eigenvalue weighted by Gasteiger charge is 2.35. The monoisotopic (exact) mass is 582 g/mol. The third-order valence-corrected chi connectivity index (χ3v) is 7.90. The van der Waals surface area contributed by atoms with Gasteiger partial charge in [0.15, 0.2) is 0 Å². The topological polar surface area (TPSA) is 99.2 Å². The molecule has 4 aromatic rings. The normalized spacial score (nSPS) is 13.2. The van der Waals surface area contributed by atoms with E-state index in [4.69, 9.17) is 0 Å². The van der Waals surface area contributed by atoms with Gasteiger partial charge in [0, 0.05) is 47.1 Å². The second-order valence-corrected chi connectivity index (χ2v) is 10.7. The summed E-state index contributed by atoms with van der Waals surface area (Å²) in [6, 6.07) is 8.88. The van der Waals surface area contributed by atoms with E-state index < -0.39 is 17.6 Å². The van der Waals surface area contributed by atoms with Crippen LogP contribution in [-0.2, 0) is 6.18 Å². The van der Waals surface area contributed by atoms with Crippen LogP contribution in [0.4, 0.5) is 36.1 Å². The largest absolute Gasteiger partial charge is 0.418 e. The summed E-state index contributed by atoms with van der Waals surface area (Å²) in [4.78, 5) is 36.4. The first-order valence-electron chi connectivity index (χ1n) is 13.3. The first-order valence-corrected chi connectivity index (χ1v) is 14.1. The van der Waals surface area contributed by atoms with E-state index in [1.165, 1.54) is 29.8 Å². The maximum absolute atomic E-state index is 13.9. The highest BCUT2D eigenvalue weighted by Crippen LogP contribution is 2.38. The van der Waals surface area contributed by atoms with Crippen LogP contribution >= 0.6 is 11.3 Å². The molecule has 8 nitrogen and oxygen atoms in total. The quantitative estimate of drug-likeness (QED) is 0.198. The Morgan fingerprint density at radius 2 is 1.78 bits per heavy atom. The number of rotatable bonds is 9. The fraction of sp³-hybridized carbons (Fsp3) is 0.310. The Morgan fingerprint density at radius 3 is 2.46 bits per heavy atom. The summed E-state index contributed by atoms with van der Waals surface area (Å²) in [5.41, 5.74) is 1.49. The van der Waals surface area contributed by atoms with Crippen LogP contribution in [-0.4, -0.2) is 40.9 Å². The molecule has 5 rings (SSSR count). The van der Waals surface area contributed by atoms with Crippen molar-refractivity contribution in [3.05, 3.63) is 70.4 Å². The number of benzene rings is 2. The van der Waals surface area contributed by atoms with Gasteiger partial charge in [-0.3, -0.25) is 9.59 Å². The molecule has 0 atom stereocenters. The van der Waals surface area contributed by atoms with Gasteiger partial charge in [0.2, 0.25) is 0 Å². The molecule has 0 saturated heterocycles. The van der Waals surface area contributed by atoms with Gasteiger partial charge in [-0.15, -0.1) is 11.3 Å². The maximum atomic E-state index is 13.9. The number of carbonyl (C=O) groups is 2. The van der Waals surface area contributed by atoms with Crippen LogP contribution in [0, 0.1) is 6.92 Å². The number of fused-ring (bicyclic) bond motifs is 1. The number of aromatic nitrogens is 2. The number of hydrogen-bond donors (Lipinski definition) is 3. The second kappa shape index (κ2) is 11.4. The third-order valence-electron chi connectivity index (χ3n) is 6.93. The highest BCUT2D eigenvalue weighted by atomic mass is 32.1. The molecule has 0 bridgehead atoms. The van der Waals surface area contributed by atoms with Crippen molar-refractivity contribution in [1.82, 2.24) is 9.97 Å². The summed E-state index contributed by atoms with van der Waals surface area (Å²) >= 11 is 1.38. The zero-order chi connectivity index (χ0) is 29.3. The summed E-state index contributed by atoms with van der Waals surface area (Å²) in [5, 5.41) is 10.6. The van der Waals surface area contributed by atoms with Crippen molar-refractivity contribution in [2.75, 3.05) is 33.9 Å². The summed E-state index contributed by atoms with van der Waals surface area (Å²) < 4.78 is 42.4. The van der Waals surface area contributed by atoms with Crippen LogP contribution in [0.1, 0.15) is 58.5 Å². The van der Waals surface area contributed by atoms with E-state index in [-0.39, 0.29) is 17.2 Å². The number of alkyl halides is 3. The van der Waals surface area contributed by atoms with E-state index >= 15 is 0 Å². The molecule has 0 unspecified atom stereocenters. The molecule has 2 aromatic heterocycles. The Labute approximate surface area is 239 Å². The Hall–Kier alpha value is -4.19. The van der Waals surface area contributed by atoms with Crippen molar-refractivity contribution in [3.8, 4) is 0 Å². The van der Waals surface area contributed by atoms with Crippen LogP contribution in [0.5, 0.6) is 0 Å². The van der Waals surface area contributed by atoms with Crippen molar-refractivity contribution in [1.29, 1.82) is 0 Å². The lowest BCUT2D eigenvalue weighted by atomic mass is 10.1. The van der Waals surface area contributed by atoms with Gasteiger partial charge in [0.1, 0.15) is 12.1 Å². The molecule has 0 aliphatic heterocycles. The molecule has 0 radical (unpaired) electrons. The van der Waals surface area contributed by atoms with Crippen molar-refractivity contribution < 1.29 is 22.8 Å². The molecule has 3 N–H and O–H groups in total. The third kappa shape index (κ3) is 6.12. The minimum Gasteiger partial charge on any atom is -0.372 e. The Kier molecular flexibility index (Phi) is 7.85. The van der Waals surface area contributed by atoms with Gasteiger partial charge in [0.25, 0.3) is 11.8 Å². The van der Waals surface area contributed by atoms with Crippen LogP contribution < -0.4 is 20.9 Å². The van der Waals surface area contributed by atoms with Crippen LogP contribution in [0.15, 0.2) is 48.1 Å². The Morgan fingerprint density at radius 1 is 1.02 bits per heavy atom. The average Bonchev–Trinajstić information content (AvgIpc) is 3.65. The summed E-state index contributed by atoms with van der Waals surface area (Å²) in [5.74, 6) is -0.360. The number of anilines is 4. The Bertz CT molecular complexity index is 1610. The lowest BCUT2D eigenvalue weighted by Crippen LogP contribution is -2.26. The molecule has 214 valence electrons. The molecular formula is C29H29F3N6O2S. The molecule has 41 heavy (non-hydrogen) atoms. The number of carbonyl (C=O) groups excluding carboxylic acids is 2. The number of aryl methyl sites for hydroxylation is 1. The first-order chi connectivity index (χ1) is 19.6. The van der Waals surface area contributed by atoms with Gasteiger partial charge in [-0.05, 0) is 69.5 Å². The van der Waals surface area contributed by atoms with E-state index in [9.17, 15) is 22.8 Å². The van der Waals surface area contributed by atoms with E-state index in [0.717, 1.165) is 29.2 Å². The number of hydrogen-bond acceptors (Lipinski definition) is 7. The van der Waals surface area contributed by atoms with E-state index in [0.29, 0.717) is 47.4 Å². The molecule has 1 fully saturated rings. The molecule has 2 aromatic carbocycles. The zero-order valence-corrected chi connectivity index (χ0v) is 23.5. The van der Waals surface area contributed by atoms with Gasteiger partial charge < -0.3 is 20.9 Å². The van der Waals surface area contributed by atoms with Crippen LogP contribution in [0.25, 0.3) is 10.2 Å². The van der Waals surface area contributed by atoms with E-state index in [1.54, 1.807) is 49.3 Å². The summed E-state index contributed by atoms with van der Waals surface area (Å²) in [6.07, 6.45) is -1.03. The number of thiophene rings is 1. The SMILES string of the molecule is CCN(CC)c1ccc(C(=O)Nc2ccc(C)c(NC(=O)c3csc4c(NC5CC5)ncnc34)c2)cc1C(F)(F)F. The minimum atomic E-state index is -4.62. The van der Waals surface area contributed by atoms with Gasteiger partial charge in [-0.25, -0.2) is 9.97 Å². The zero-order valence-electron chi connectivity index (χ0n) is 22.7. The van der Waals surface area contributed by atoms with Crippen molar-refractivity contribution >= 4 is 56.2 Å². The van der Waals surface area contributed by atoms with Gasteiger partial charge >= 0.3 is 6.18 Å². The lowest BCUT2D eigenvalue weighted by molar-refractivity contribution is -0.137. The molecule has 0 spiro atoms. The van der Waals surface area contributed by atoms with Gasteiger partial charge in [0.05, 0.1) is 21.3 Å². The number of nitrogens with zero attached hydrogens (tertiary/aromatic N) is 3. The molecule has 1 aliphatic carbocycles. The lowest BCUT2D eigenvalue weighted by Gasteiger charge is -2.25. The Balaban J connectivity index is 1.35. The average molecular weight is 583 g/mol. The molecular weight excluding hydrogens is 553 g/mol. The fourth-order valence-corrected chi connectivity index (χ4v) is 5.46. The molecule has 2 heterocycles. The number of halogens is 3. The van der Waals surface area contributed by atoms with Crippen molar-refractivity contribution in [3.63, 3.8) is 0 Å². The highest BCUT2D eigenvalue weighted by molar-refractivity contribution is 7.18. The van der Waals surface area contributed by atoms with E-state index in [1.807, 2.05) is 0 Å². The van der Waals surface area contributed by atoms with Crippen molar-refractivity contribution in [2.24, 2.45) is 0 Å². The van der Waals surface area contributed by atoms with Crippen LogP contribution in [0.2, 0.25) is 0 Å². The molecule has 1 aliphatic rings. The predicted molar refractivity (Wildman–Crippen MR) is 156 cm³/mol. The summed E-state index contributed by atoms with van der Waals surface area (Å²) in [6.45, 7) is 6.14. The number of amides is 2. The standard InChI is InChI=1S/C29H29F3N6O2S/c1-4-38(5-2)23-11-7-17(12-21(23)29(30,31)32)27(39)36-19-8-6-16(3)22(13-19)37-28(40)20-14-41-25-24(20)33-15-34-26(25)35-18-9-10-18/h6-8,11-15,18H,4-5,9-10H2,1-3H3,(H,36,39)(H,37,40)(H,33,34,35).